The number of fused-ring (bicyclic) bond motifs is 1. The molecule has 1 aromatic rings. The van der Waals surface area contributed by atoms with E-state index in [1.165, 1.54) is 12.1 Å². The Morgan fingerprint density at radius 3 is 2.70 bits per heavy atom. The van der Waals surface area contributed by atoms with Gasteiger partial charge < -0.3 is 9.47 Å². The molecular formula is C13H18ClNO4S. The average Bonchev–Trinajstić information content (AvgIpc) is 2.45. The molecule has 20 heavy (non-hydrogen) atoms. The standard InChI is InChI=1S/C13H18ClNO4S/c1-10(4-5-14)9-15-20(16,17)11-2-3-12-13(8-11)19-7-6-18-12/h2-3,8,10,15H,4-7,9H2,1H3. The summed E-state index contributed by atoms with van der Waals surface area (Å²) in [6.07, 6.45) is 0.769. The first-order valence-corrected chi connectivity index (χ1v) is 8.50. The number of halogens is 1. The zero-order valence-corrected chi connectivity index (χ0v) is 12.8. The number of rotatable bonds is 6. The van der Waals surface area contributed by atoms with Crippen LogP contribution in [0, 0.1) is 5.92 Å². The van der Waals surface area contributed by atoms with Crippen molar-refractivity contribution in [3.63, 3.8) is 0 Å². The minimum absolute atomic E-state index is 0.180. The summed E-state index contributed by atoms with van der Waals surface area (Å²) in [6.45, 7) is 3.22. The van der Waals surface area contributed by atoms with Crippen molar-refractivity contribution in [1.29, 1.82) is 0 Å². The van der Waals surface area contributed by atoms with E-state index in [4.69, 9.17) is 21.1 Å². The maximum absolute atomic E-state index is 12.2. The molecule has 112 valence electrons. The third-order valence-corrected chi connectivity index (χ3v) is 4.69. The van der Waals surface area contributed by atoms with Crippen molar-refractivity contribution < 1.29 is 17.9 Å². The van der Waals surface area contributed by atoms with Crippen molar-refractivity contribution in [3.8, 4) is 11.5 Å². The van der Waals surface area contributed by atoms with E-state index in [0.29, 0.717) is 37.1 Å². The molecule has 1 aliphatic rings. The van der Waals surface area contributed by atoms with Crippen LogP contribution < -0.4 is 14.2 Å². The molecular weight excluding hydrogens is 302 g/mol. The molecule has 1 atom stereocenters. The van der Waals surface area contributed by atoms with Gasteiger partial charge in [-0.1, -0.05) is 6.92 Å². The highest BCUT2D eigenvalue weighted by Gasteiger charge is 2.19. The van der Waals surface area contributed by atoms with E-state index in [2.05, 4.69) is 4.72 Å². The summed E-state index contributed by atoms with van der Waals surface area (Å²) in [7, 11) is -3.54. The van der Waals surface area contributed by atoms with E-state index in [9.17, 15) is 8.42 Å². The van der Waals surface area contributed by atoms with Crippen LogP contribution in [0.4, 0.5) is 0 Å². The second-order valence-corrected chi connectivity index (χ2v) is 6.89. The molecule has 0 amide bonds. The van der Waals surface area contributed by atoms with Crippen molar-refractivity contribution in [1.82, 2.24) is 4.72 Å². The molecule has 0 bridgehead atoms. The third kappa shape index (κ3) is 3.77. The summed E-state index contributed by atoms with van der Waals surface area (Å²) in [5, 5.41) is 0. The van der Waals surface area contributed by atoms with Crippen LogP contribution >= 0.6 is 11.6 Å². The highest BCUT2D eigenvalue weighted by Crippen LogP contribution is 2.32. The Kier molecular flexibility index (Phi) is 5.12. The monoisotopic (exact) mass is 319 g/mol. The first-order valence-electron chi connectivity index (χ1n) is 6.48. The zero-order chi connectivity index (χ0) is 14.6. The van der Waals surface area contributed by atoms with Crippen LogP contribution in [0.5, 0.6) is 11.5 Å². The van der Waals surface area contributed by atoms with Crippen molar-refractivity contribution >= 4 is 21.6 Å². The Morgan fingerprint density at radius 2 is 2.00 bits per heavy atom. The van der Waals surface area contributed by atoms with E-state index >= 15 is 0 Å². The molecule has 7 heteroatoms. The van der Waals surface area contributed by atoms with E-state index in [1.54, 1.807) is 6.07 Å². The van der Waals surface area contributed by atoms with Gasteiger partial charge in [0.05, 0.1) is 4.90 Å². The summed E-state index contributed by atoms with van der Waals surface area (Å²) in [4.78, 5) is 0.180. The summed E-state index contributed by atoms with van der Waals surface area (Å²) < 4.78 is 37.7. The number of sulfonamides is 1. The lowest BCUT2D eigenvalue weighted by Crippen LogP contribution is -2.28. The molecule has 1 heterocycles. The molecule has 1 unspecified atom stereocenters. The van der Waals surface area contributed by atoms with Crippen LogP contribution in [0.2, 0.25) is 0 Å². The van der Waals surface area contributed by atoms with E-state index < -0.39 is 10.0 Å². The van der Waals surface area contributed by atoms with E-state index in [0.717, 1.165) is 6.42 Å². The lowest BCUT2D eigenvalue weighted by Gasteiger charge is -2.19. The zero-order valence-electron chi connectivity index (χ0n) is 11.3. The number of hydrogen-bond acceptors (Lipinski definition) is 4. The van der Waals surface area contributed by atoms with Gasteiger partial charge in [0, 0.05) is 18.5 Å². The van der Waals surface area contributed by atoms with Crippen molar-refractivity contribution in [2.45, 2.75) is 18.2 Å². The highest BCUT2D eigenvalue weighted by atomic mass is 35.5. The number of ether oxygens (including phenoxy) is 2. The first kappa shape index (κ1) is 15.4. The van der Waals surface area contributed by atoms with Gasteiger partial charge in [-0.15, -0.1) is 11.6 Å². The van der Waals surface area contributed by atoms with Crippen molar-refractivity contribution in [3.05, 3.63) is 18.2 Å². The van der Waals surface area contributed by atoms with Crippen LogP contribution in [-0.4, -0.2) is 34.1 Å². The predicted octanol–water partition coefficient (Wildman–Crippen LogP) is 2.00. The molecule has 1 aliphatic heterocycles. The van der Waals surface area contributed by atoms with Gasteiger partial charge in [0.15, 0.2) is 11.5 Å². The molecule has 0 saturated heterocycles. The molecule has 0 aromatic heterocycles. The maximum Gasteiger partial charge on any atom is 0.240 e. The Balaban J connectivity index is 2.09. The molecule has 0 radical (unpaired) electrons. The SMILES string of the molecule is CC(CCCl)CNS(=O)(=O)c1ccc2c(c1)OCCO2. The fraction of sp³-hybridized carbons (Fsp3) is 0.538. The fourth-order valence-corrected chi connectivity index (χ4v) is 3.37. The van der Waals surface area contributed by atoms with Gasteiger partial charge in [-0.25, -0.2) is 13.1 Å². The first-order chi connectivity index (χ1) is 9.53. The Hall–Kier alpha value is -0.980. The number of benzene rings is 1. The van der Waals surface area contributed by atoms with Gasteiger partial charge in [-0.2, -0.15) is 0 Å². The summed E-state index contributed by atoms with van der Waals surface area (Å²) in [5.74, 6) is 1.76. The smallest absolute Gasteiger partial charge is 0.240 e. The van der Waals surface area contributed by atoms with Gasteiger partial charge in [-0.3, -0.25) is 0 Å². The largest absolute Gasteiger partial charge is 0.486 e. The second kappa shape index (κ2) is 6.65. The molecule has 0 saturated carbocycles. The van der Waals surface area contributed by atoms with Crippen molar-refractivity contribution in [2.75, 3.05) is 25.6 Å². The molecule has 1 N–H and O–H groups in total. The molecule has 0 aliphatic carbocycles. The van der Waals surface area contributed by atoms with Crippen molar-refractivity contribution in [2.24, 2.45) is 5.92 Å². The molecule has 5 nitrogen and oxygen atoms in total. The normalized spacial score (nSPS) is 15.9. The van der Waals surface area contributed by atoms with Gasteiger partial charge in [0.25, 0.3) is 0 Å². The minimum Gasteiger partial charge on any atom is -0.486 e. The van der Waals surface area contributed by atoms with Crippen LogP contribution in [-0.2, 0) is 10.0 Å². The van der Waals surface area contributed by atoms with Crippen LogP contribution in [0.3, 0.4) is 0 Å². The lowest BCUT2D eigenvalue weighted by atomic mass is 10.1. The number of nitrogens with one attached hydrogen (secondary N) is 1. The molecule has 0 fully saturated rings. The fourth-order valence-electron chi connectivity index (χ4n) is 1.81. The predicted molar refractivity (Wildman–Crippen MR) is 77.1 cm³/mol. The summed E-state index contributed by atoms with van der Waals surface area (Å²) in [6, 6.07) is 4.62. The Morgan fingerprint density at radius 1 is 1.30 bits per heavy atom. The van der Waals surface area contributed by atoms with Gasteiger partial charge in [0.2, 0.25) is 10.0 Å². The minimum atomic E-state index is -3.54. The summed E-state index contributed by atoms with van der Waals surface area (Å²) in [5.41, 5.74) is 0. The van der Waals surface area contributed by atoms with Gasteiger partial charge in [0.1, 0.15) is 13.2 Å². The average molecular weight is 320 g/mol. The van der Waals surface area contributed by atoms with Crippen LogP contribution in [0.1, 0.15) is 13.3 Å². The van der Waals surface area contributed by atoms with Gasteiger partial charge >= 0.3 is 0 Å². The number of alkyl halides is 1. The lowest BCUT2D eigenvalue weighted by molar-refractivity contribution is 0.171. The highest BCUT2D eigenvalue weighted by molar-refractivity contribution is 7.89. The topological polar surface area (TPSA) is 64.6 Å². The molecule has 1 aromatic carbocycles. The molecule has 2 rings (SSSR count). The van der Waals surface area contributed by atoms with E-state index in [1.807, 2.05) is 6.92 Å². The van der Waals surface area contributed by atoms with Crippen LogP contribution in [0.15, 0.2) is 23.1 Å². The second-order valence-electron chi connectivity index (χ2n) is 4.74. The maximum atomic E-state index is 12.2. The van der Waals surface area contributed by atoms with E-state index in [-0.39, 0.29) is 10.8 Å². The number of hydrogen-bond donors (Lipinski definition) is 1. The Labute approximate surface area is 124 Å². The third-order valence-electron chi connectivity index (χ3n) is 3.05. The van der Waals surface area contributed by atoms with Gasteiger partial charge in [-0.05, 0) is 24.5 Å². The molecule has 0 spiro atoms. The Bertz CT molecular complexity index is 561. The summed E-state index contributed by atoms with van der Waals surface area (Å²) >= 11 is 5.64. The quantitative estimate of drug-likeness (QED) is 0.815. The van der Waals surface area contributed by atoms with Crippen LogP contribution in [0.25, 0.3) is 0 Å².